The molecule has 0 bridgehead atoms. The number of carbonyl (C=O) groups is 1. The Morgan fingerprint density at radius 3 is 2.41 bits per heavy atom. The maximum atomic E-state index is 12.2. The number of halogens is 1. The third kappa shape index (κ3) is 2.35. The number of ether oxygens (including phenoxy) is 1. The van der Waals surface area contributed by atoms with Crippen LogP contribution in [0, 0.1) is 6.92 Å². The lowest BCUT2D eigenvalue weighted by Crippen LogP contribution is -1.99. The molecular weight excluding hydrogens is 256 g/mol. The standard InChI is InChI=1S/C13H11ClO2S/c1-8-7-17-13(11(8)14)12(15)9-3-5-10(16-2)6-4-9/h3-7H,1-2H3. The fraction of sp³-hybridized carbons (Fsp3) is 0.154. The summed E-state index contributed by atoms with van der Waals surface area (Å²) < 4.78 is 5.05. The number of thiophene rings is 1. The fourth-order valence-electron chi connectivity index (χ4n) is 1.46. The minimum Gasteiger partial charge on any atom is -0.497 e. The predicted molar refractivity (Wildman–Crippen MR) is 70.5 cm³/mol. The molecule has 0 saturated heterocycles. The third-order valence-electron chi connectivity index (χ3n) is 2.46. The van der Waals surface area contributed by atoms with Crippen LogP contribution in [0.25, 0.3) is 0 Å². The predicted octanol–water partition coefficient (Wildman–Crippen LogP) is 3.95. The second kappa shape index (κ2) is 4.90. The number of carbonyl (C=O) groups excluding carboxylic acids is 1. The molecule has 0 spiro atoms. The van der Waals surface area contributed by atoms with Crippen LogP contribution in [-0.4, -0.2) is 12.9 Å². The van der Waals surface area contributed by atoms with Gasteiger partial charge in [0.1, 0.15) is 5.75 Å². The zero-order chi connectivity index (χ0) is 12.4. The molecule has 2 nitrogen and oxygen atoms in total. The molecule has 2 rings (SSSR count). The fourth-order valence-corrected chi connectivity index (χ4v) is 2.70. The van der Waals surface area contributed by atoms with Crippen molar-refractivity contribution in [3.8, 4) is 5.75 Å². The summed E-state index contributed by atoms with van der Waals surface area (Å²) in [5, 5.41) is 2.44. The summed E-state index contributed by atoms with van der Waals surface area (Å²) in [7, 11) is 1.59. The van der Waals surface area contributed by atoms with Gasteiger partial charge in [0, 0.05) is 5.56 Å². The van der Waals surface area contributed by atoms with Crippen molar-refractivity contribution in [3.05, 3.63) is 50.7 Å². The number of hydrogen-bond donors (Lipinski definition) is 0. The first-order valence-electron chi connectivity index (χ1n) is 5.06. The molecule has 88 valence electrons. The van der Waals surface area contributed by atoms with Gasteiger partial charge in [-0.2, -0.15) is 0 Å². The van der Waals surface area contributed by atoms with Crippen molar-refractivity contribution in [2.24, 2.45) is 0 Å². The second-order valence-corrected chi connectivity index (χ2v) is 4.88. The quantitative estimate of drug-likeness (QED) is 0.787. The SMILES string of the molecule is COc1ccc(C(=O)c2scc(C)c2Cl)cc1. The summed E-state index contributed by atoms with van der Waals surface area (Å²) in [6, 6.07) is 7.02. The van der Waals surface area contributed by atoms with Gasteiger partial charge in [0.05, 0.1) is 17.0 Å². The lowest BCUT2D eigenvalue weighted by Gasteiger charge is -2.02. The number of ketones is 1. The Hall–Kier alpha value is -1.32. The summed E-state index contributed by atoms with van der Waals surface area (Å²) >= 11 is 7.45. The van der Waals surface area contributed by atoms with E-state index in [1.165, 1.54) is 11.3 Å². The first-order valence-corrected chi connectivity index (χ1v) is 6.31. The highest BCUT2D eigenvalue weighted by atomic mass is 35.5. The van der Waals surface area contributed by atoms with Gasteiger partial charge >= 0.3 is 0 Å². The minimum absolute atomic E-state index is 0.0456. The van der Waals surface area contributed by atoms with Crippen LogP contribution >= 0.6 is 22.9 Å². The zero-order valence-electron chi connectivity index (χ0n) is 9.49. The maximum absolute atomic E-state index is 12.2. The highest BCUT2D eigenvalue weighted by Gasteiger charge is 2.16. The van der Waals surface area contributed by atoms with Crippen molar-refractivity contribution >= 4 is 28.7 Å². The number of methoxy groups -OCH3 is 1. The van der Waals surface area contributed by atoms with E-state index in [1.54, 1.807) is 31.4 Å². The molecule has 0 N–H and O–H groups in total. The molecule has 0 radical (unpaired) electrons. The molecule has 17 heavy (non-hydrogen) atoms. The van der Waals surface area contributed by atoms with Crippen LogP contribution in [0.15, 0.2) is 29.6 Å². The van der Waals surface area contributed by atoms with Crippen molar-refractivity contribution in [3.63, 3.8) is 0 Å². The molecule has 1 aromatic heterocycles. The normalized spacial score (nSPS) is 10.3. The lowest BCUT2D eigenvalue weighted by atomic mass is 10.1. The Morgan fingerprint density at radius 1 is 1.29 bits per heavy atom. The molecule has 0 aliphatic heterocycles. The van der Waals surface area contributed by atoms with Gasteiger partial charge in [-0.1, -0.05) is 11.6 Å². The summed E-state index contributed by atoms with van der Waals surface area (Å²) in [6.07, 6.45) is 0. The number of benzene rings is 1. The molecule has 0 aliphatic rings. The van der Waals surface area contributed by atoms with Crippen molar-refractivity contribution in [1.29, 1.82) is 0 Å². The summed E-state index contributed by atoms with van der Waals surface area (Å²) in [5.74, 6) is 0.686. The van der Waals surface area contributed by atoms with Crippen LogP contribution in [0.2, 0.25) is 5.02 Å². The molecule has 0 unspecified atom stereocenters. The lowest BCUT2D eigenvalue weighted by molar-refractivity contribution is 0.104. The van der Waals surface area contributed by atoms with Gasteiger partial charge < -0.3 is 4.74 Å². The van der Waals surface area contributed by atoms with Crippen LogP contribution in [0.5, 0.6) is 5.75 Å². The molecule has 4 heteroatoms. The van der Waals surface area contributed by atoms with Gasteiger partial charge in [-0.3, -0.25) is 4.79 Å². The van der Waals surface area contributed by atoms with E-state index in [0.717, 1.165) is 11.3 Å². The Labute approximate surface area is 109 Å². The largest absolute Gasteiger partial charge is 0.497 e. The van der Waals surface area contributed by atoms with E-state index in [4.69, 9.17) is 16.3 Å². The van der Waals surface area contributed by atoms with E-state index in [-0.39, 0.29) is 5.78 Å². The van der Waals surface area contributed by atoms with Crippen molar-refractivity contribution in [1.82, 2.24) is 0 Å². The summed E-state index contributed by atoms with van der Waals surface area (Å²) in [6.45, 7) is 1.89. The molecule has 1 aromatic carbocycles. The Balaban J connectivity index is 2.33. The van der Waals surface area contributed by atoms with Crippen LogP contribution < -0.4 is 4.74 Å². The number of rotatable bonds is 3. The van der Waals surface area contributed by atoms with E-state index in [9.17, 15) is 4.79 Å². The maximum Gasteiger partial charge on any atom is 0.204 e. The van der Waals surface area contributed by atoms with Gasteiger partial charge in [-0.15, -0.1) is 11.3 Å². The molecule has 0 fully saturated rings. The summed E-state index contributed by atoms with van der Waals surface area (Å²) in [5.41, 5.74) is 1.56. The average Bonchev–Trinajstić information content (AvgIpc) is 2.69. The van der Waals surface area contributed by atoms with E-state index in [0.29, 0.717) is 15.5 Å². The van der Waals surface area contributed by atoms with Crippen LogP contribution in [0.1, 0.15) is 20.8 Å². The van der Waals surface area contributed by atoms with Gasteiger partial charge in [0.25, 0.3) is 0 Å². The monoisotopic (exact) mass is 266 g/mol. The summed E-state index contributed by atoms with van der Waals surface area (Å²) in [4.78, 5) is 12.8. The molecular formula is C13H11ClO2S. The van der Waals surface area contributed by atoms with E-state index in [1.807, 2.05) is 12.3 Å². The average molecular weight is 267 g/mol. The first kappa shape index (κ1) is 12.1. The van der Waals surface area contributed by atoms with Crippen molar-refractivity contribution in [2.45, 2.75) is 6.92 Å². The highest BCUT2D eigenvalue weighted by molar-refractivity contribution is 7.13. The third-order valence-corrected chi connectivity index (χ3v) is 4.15. The smallest absolute Gasteiger partial charge is 0.204 e. The highest BCUT2D eigenvalue weighted by Crippen LogP contribution is 2.29. The van der Waals surface area contributed by atoms with Gasteiger partial charge in [-0.05, 0) is 42.1 Å². The Bertz CT molecular complexity index is 543. The Kier molecular flexibility index (Phi) is 3.50. The van der Waals surface area contributed by atoms with E-state index >= 15 is 0 Å². The molecule has 1 heterocycles. The first-order chi connectivity index (χ1) is 8.13. The molecule has 0 atom stereocenters. The molecule has 0 amide bonds. The number of hydrogen-bond acceptors (Lipinski definition) is 3. The molecule has 2 aromatic rings. The molecule has 0 saturated carbocycles. The van der Waals surface area contributed by atoms with Gasteiger partial charge in [0.2, 0.25) is 5.78 Å². The second-order valence-electron chi connectivity index (χ2n) is 3.62. The topological polar surface area (TPSA) is 26.3 Å². The Morgan fingerprint density at radius 2 is 1.94 bits per heavy atom. The van der Waals surface area contributed by atoms with E-state index < -0.39 is 0 Å². The van der Waals surface area contributed by atoms with E-state index in [2.05, 4.69) is 0 Å². The zero-order valence-corrected chi connectivity index (χ0v) is 11.1. The van der Waals surface area contributed by atoms with Gasteiger partial charge in [0.15, 0.2) is 0 Å². The van der Waals surface area contributed by atoms with Crippen LogP contribution in [0.3, 0.4) is 0 Å². The van der Waals surface area contributed by atoms with Crippen molar-refractivity contribution < 1.29 is 9.53 Å². The molecule has 0 aliphatic carbocycles. The van der Waals surface area contributed by atoms with Gasteiger partial charge in [-0.25, -0.2) is 0 Å². The van der Waals surface area contributed by atoms with Crippen LogP contribution in [-0.2, 0) is 0 Å². The van der Waals surface area contributed by atoms with Crippen LogP contribution in [0.4, 0.5) is 0 Å². The number of aryl methyl sites for hydroxylation is 1. The van der Waals surface area contributed by atoms with Crippen molar-refractivity contribution in [2.75, 3.05) is 7.11 Å². The minimum atomic E-state index is -0.0456.